The lowest BCUT2D eigenvalue weighted by Crippen LogP contribution is -2.45. The largest absolute Gasteiger partial charge is 0.494 e. The van der Waals surface area contributed by atoms with Gasteiger partial charge in [-0.2, -0.15) is 0 Å². The fourth-order valence-electron chi connectivity index (χ4n) is 6.20. The number of ether oxygens (including phenoxy) is 2. The van der Waals surface area contributed by atoms with E-state index in [4.69, 9.17) is 19.0 Å². The first-order valence-electron chi connectivity index (χ1n) is 13.5. The Morgan fingerprint density at radius 3 is 2.52 bits per heavy atom. The van der Waals surface area contributed by atoms with Gasteiger partial charge in [0.2, 0.25) is 0 Å². The molecule has 4 heterocycles. The summed E-state index contributed by atoms with van der Waals surface area (Å²) in [5.74, 6) is -1.03. The number of fused-ring (bicyclic) bond motifs is 3. The fraction of sp³-hybridized carbons (Fsp3) is 0.414. The molecule has 2 aromatic heterocycles. The summed E-state index contributed by atoms with van der Waals surface area (Å²) in [7, 11) is 1.52. The highest BCUT2D eigenvalue weighted by Gasteiger charge is 2.43. The summed E-state index contributed by atoms with van der Waals surface area (Å²) in [6.07, 6.45) is 5.48. The molecule has 7 rings (SSSR count). The number of aromatic nitrogens is 2. The number of hydrogen-bond acceptors (Lipinski definition) is 8. The van der Waals surface area contributed by atoms with Crippen molar-refractivity contribution in [3.63, 3.8) is 0 Å². The van der Waals surface area contributed by atoms with Crippen LogP contribution >= 0.6 is 11.3 Å². The van der Waals surface area contributed by atoms with Gasteiger partial charge < -0.3 is 24.0 Å². The van der Waals surface area contributed by atoms with Crippen LogP contribution < -0.4 is 9.64 Å². The Morgan fingerprint density at radius 1 is 1.15 bits per heavy atom. The molecule has 1 saturated carbocycles. The van der Waals surface area contributed by atoms with Crippen LogP contribution in [-0.4, -0.2) is 46.5 Å². The number of carboxylic acid groups (broad SMARTS) is 1. The van der Waals surface area contributed by atoms with Gasteiger partial charge in [-0.1, -0.05) is 22.6 Å². The van der Waals surface area contributed by atoms with E-state index in [1.54, 1.807) is 6.07 Å². The normalized spacial score (nSPS) is 22.3. The summed E-state index contributed by atoms with van der Waals surface area (Å²) in [5, 5.41) is 14.4. The highest BCUT2D eigenvalue weighted by atomic mass is 32.1. The van der Waals surface area contributed by atoms with Crippen LogP contribution in [0.25, 0.3) is 21.5 Å². The van der Waals surface area contributed by atoms with Crippen molar-refractivity contribution in [1.82, 2.24) is 10.1 Å². The number of methoxy groups -OCH3 is 1. The molecule has 2 unspecified atom stereocenters. The number of carbonyl (C=O) groups is 1. The van der Waals surface area contributed by atoms with Crippen LogP contribution in [0.3, 0.4) is 0 Å². The van der Waals surface area contributed by atoms with E-state index < -0.39 is 17.6 Å². The fourth-order valence-corrected chi connectivity index (χ4v) is 7.37. The molecule has 3 fully saturated rings. The van der Waals surface area contributed by atoms with E-state index in [0.29, 0.717) is 22.6 Å². The Labute approximate surface area is 232 Å². The number of thiazole rings is 1. The number of benzene rings is 2. The third-order valence-corrected chi connectivity index (χ3v) is 9.27. The monoisotopic (exact) mass is 567 g/mol. The topological polar surface area (TPSA) is 97.9 Å². The SMILES string of the molecule is COc1cc(C(=O)O)cc2sc(N3C4CCC3CC(OCc3c(-c5c(F)cccc5F)noc3C3CC3)C4)nc12. The quantitative estimate of drug-likeness (QED) is 0.257. The van der Waals surface area contributed by atoms with Crippen molar-refractivity contribution in [1.29, 1.82) is 0 Å². The molecule has 2 saturated heterocycles. The zero-order chi connectivity index (χ0) is 27.5. The molecule has 2 aliphatic heterocycles. The van der Waals surface area contributed by atoms with Gasteiger partial charge in [-0.25, -0.2) is 18.6 Å². The second kappa shape index (κ2) is 9.81. The smallest absolute Gasteiger partial charge is 0.335 e. The molecule has 2 bridgehead atoms. The first-order valence-corrected chi connectivity index (χ1v) is 14.3. The molecule has 2 aromatic carbocycles. The third-order valence-electron chi connectivity index (χ3n) is 8.26. The Bertz CT molecular complexity index is 1580. The average Bonchev–Trinajstić information content (AvgIpc) is 3.46. The van der Waals surface area contributed by atoms with E-state index in [-0.39, 0.29) is 47.5 Å². The van der Waals surface area contributed by atoms with E-state index in [2.05, 4.69) is 10.1 Å². The maximum atomic E-state index is 14.6. The molecule has 1 N–H and O–H groups in total. The van der Waals surface area contributed by atoms with Gasteiger partial charge in [0.1, 0.15) is 34.4 Å². The third kappa shape index (κ3) is 4.32. The lowest BCUT2D eigenvalue weighted by molar-refractivity contribution is 0.0147. The minimum Gasteiger partial charge on any atom is -0.494 e. The van der Waals surface area contributed by atoms with Gasteiger partial charge >= 0.3 is 5.97 Å². The van der Waals surface area contributed by atoms with E-state index in [9.17, 15) is 18.7 Å². The van der Waals surface area contributed by atoms with E-state index in [0.717, 1.165) is 48.4 Å². The molecule has 1 aliphatic carbocycles. The van der Waals surface area contributed by atoms with E-state index in [1.165, 1.54) is 42.7 Å². The van der Waals surface area contributed by atoms with Crippen molar-refractivity contribution in [2.24, 2.45) is 0 Å². The Kier molecular flexibility index (Phi) is 6.23. The lowest BCUT2D eigenvalue weighted by atomic mass is 10.00. The number of nitrogens with zero attached hydrogens (tertiary/aromatic N) is 3. The number of aromatic carboxylic acids is 1. The maximum Gasteiger partial charge on any atom is 0.335 e. The molecular formula is C29H27F2N3O5S. The first kappa shape index (κ1) is 25.4. The molecule has 0 spiro atoms. The molecule has 3 aliphatic rings. The molecule has 0 amide bonds. The molecule has 8 nitrogen and oxygen atoms in total. The van der Waals surface area contributed by atoms with Crippen LogP contribution in [0, 0.1) is 11.6 Å². The van der Waals surface area contributed by atoms with Gasteiger partial charge in [0.15, 0.2) is 5.13 Å². The van der Waals surface area contributed by atoms with Crippen molar-refractivity contribution in [3.8, 4) is 17.0 Å². The number of piperidine rings is 1. The minimum absolute atomic E-state index is 0.0310. The van der Waals surface area contributed by atoms with Gasteiger partial charge in [0, 0.05) is 23.6 Å². The molecular weight excluding hydrogens is 540 g/mol. The average molecular weight is 568 g/mol. The standard InChI is InChI=1S/C29H27F2N3O5S/c1-37-22-9-15(28(35)36)10-23-26(22)32-29(40-23)34-16-7-8-17(34)12-18(11-16)38-13-19-25(33-39-27(19)14-5-6-14)24-20(30)3-2-4-21(24)31/h2-4,9-10,14,16-18H,5-8,11-13H2,1H3,(H,35,36). The van der Waals surface area contributed by atoms with Crippen LogP contribution in [0.2, 0.25) is 0 Å². The molecule has 208 valence electrons. The number of carboxylic acids is 1. The zero-order valence-corrected chi connectivity index (χ0v) is 22.5. The van der Waals surface area contributed by atoms with Gasteiger partial charge in [-0.05, 0) is 62.8 Å². The van der Waals surface area contributed by atoms with E-state index >= 15 is 0 Å². The molecule has 2 atom stereocenters. The summed E-state index contributed by atoms with van der Waals surface area (Å²) in [5.41, 5.74) is 1.47. The number of halogens is 2. The molecule has 0 radical (unpaired) electrons. The summed E-state index contributed by atoms with van der Waals surface area (Å²) in [4.78, 5) is 18.8. The number of anilines is 1. The van der Waals surface area contributed by atoms with Crippen LogP contribution in [-0.2, 0) is 11.3 Å². The molecule has 4 aromatic rings. The number of rotatable bonds is 8. The van der Waals surface area contributed by atoms with Gasteiger partial charge in [-0.15, -0.1) is 0 Å². The predicted octanol–water partition coefficient (Wildman–Crippen LogP) is 6.53. The summed E-state index contributed by atoms with van der Waals surface area (Å²) >= 11 is 1.48. The van der Waals surface area contributed by atoms with Crippen molar-refractivity contribution >= 4 is 32.7 Å². The molecule has 11 heteroatoms. The van der Waals surface area contributed by atoms with Gasteiger partial charge in [0.05, 0.1) is 35.6 Å². The van der Waals surface area contributed by atoms with Crippen LogP contribution in [0.4, 0.5) is 13.9 Å². The van der Waals surface area contributed by atoms with Crippen molar-refractivity contribution in [2.75, 3.05) is 12.0 Å². The minimum atomic E-state index is -1.01. The lowest BCUT2D eigenvalue weighted by Gasteiger charge is -2.38. The number of hydrogen-bond donors (Lipinski definition) is 1. The van der Waals surface area contributed by atoms with Crippen molar-refractivity contribution in [3.05, 3.63) is 58.9 Å². The predicted molar refractivity (Wildman–Crippen MR) is 144 cm³/mol. The van der Waals surface area contributed by atoms with Crippen LogP contribution in [0.15, 0.2) is 34.9 Å². The van der Waals surface area contributed by atoms with Gasteiger partial charge in [0.25, 0.3) is 0 Å². The Morgan fingerprint density at radius 2 is 1.88 bits per heavy atom. The molecule has 40 heavy (non-hydrogen) atoms. The second-order valence-electron chi connectivity index (χ2n) is 10.8. The Balaban J connectivity index is 1.11. The summed E-state index contributed by atoms with van der Waals surface area (Å²) in [6, 6.07) is 7.38. The zero-order valence-electron chi connectivity index (χ0n) is 21.7. The first-order chi connectivity index (χ1) is 19.4. The van der Waals surface area contributed by atoms with Crippen molar-refractivity contribution in [2.45, 2.75) is 69.2 Å². The van der Waals surface area contributed by atoms with Crippen molar-refractivity contribution < 1.29 is 32.7 Å². The van der Waals surface area contributed by atoms with E-state index in [1.807, 2.05) is 0 Å². The Hall–Kier alpha value is -3.57. The summed E-state index contributed by atoms with van der Waals surface area (Å²) in [6.45, 7) is 0.179. The highest BCUT2D eigenvalue weighted by molar-refractivity contribution is 7.22. The van der Waals surface area contributed by atoms with Crippen LogP contribution in [0.5, 0.6) is 5.75 Å². The summed E-state index contributed by atoms with van der Waals surface area (Å²) < 4.78 is 47.5. The van der Waals surface area contributed by atoms with Gasteiger partial charge in [-0.3, -0.25) is 0 Å². The second-order valence-corrected chi connectivity index (χ2v) is 11.8. The highest BCUT2D eigenvalue weighted by Crippen LogP contribution is 2.47. The van der Waals surface area contributed by atoms with Crippen LogP contribution in [0.1, 0.15) is 66.1 Å². The maximum absolute atomic E-state index is 14.6.